The maximum Gasteiger partial charge on any atom is 0.326 e. The summed E-state index contributed by atoms with van der Waals surface area (Å²) in [6.07, 6.45) is -0.261. The quantitative estimate of drug-likeness (QED) is 0.0613. The van der Waals surface area contributed by atoms with E-state index in [1.54, 1.807) is 0 Å². The fraction of sp³-hybridized carbons (Fsp3) is 0.455. The Hall–Kier alpha value is -4.40. The Morgan fingerprint density at radius 2 is 1.57 bits per heavy atom. The Balaban J connectivity index is 2.80. The van der Waals surface area contributed by atoms with Gasteiger partial charge in [-0.15, -0.1) is 0 Å². The molecule has 0 aliphatic rings. The second-order valence-corrected chi connectivity index (χ2v) is 8.10. The number of nitrogens with zero attached hydrogens (tertiary/aromatic N) is 1. The molecule has 0 bridgehead atoms. The van der Waals surface area contributed by atoms with Gasteiger partial charge in [-0.1, -0.05) is 12.1 Å². The Bertz CT molecular complexity index is 980. The summed E-state index contributed by atoms with van der Waals surface area (Å²) in [7, 11) is 0. The van der Waals surface area contributed by atoms with Gasteiger partial charge in [-0.05, 0) is 37.0 Å². The van der Waals surface area contributed by atoms with Crippen molar-refractivity contribution >= 4 is 35.6 Å². The molecule has 0 heterocycles. The Kier molecular flexibility index (Phi) is 12.9. The first-order valence-corrected chi connectivity index (χ1v) is 11.3. The van der Waals surface area contributed by atoms with Crippen molar-refractivity contribution < 1.29 is 39.3 Å². The molecule has 0 fully saturated rings. The predicted octanol–water partition coefficient (Wildman–Crippen LogP) is -2.65. The van der Waals surface area contributed by atoms with Gasteiger partial charge in [-0.2, -0.15) is 0 Å². The molecule has 1 rings (SSSR count). The van der Waals surface area contributed by atoms with E-state index >= 15 is 0 Å². The van der Waals surface area contributed by atoms with E-state index in [0.717, 1.165) is 0 Å². The van der Waals surface area contributed by atoms with Crippen LogP contribution in [0.2, 0.25) is 0 Å². The number of carbonyl (C=O) groups is 5. The van der Waals surface area contributed by atoms with E-state index < -0.39 is 60.8 Å². The minimum absolute atomic E-state index is 0.0225. The molecule has 12 N–H and O–H groups in total. The zero-order chi connectivity index (χ0) is 28.0. The number of phenolic OH excluding ortho intramolecular Hbond substituents is 1. The molecule has 0 aliphatic carbocycles. The largest absolute Gasteiger partial charge is 0.508 e. The topological polar surface area (TPSA) is 273 Å². The lowest BCUT2D eigenvalue weighted by Crippen LogP contribution is -2.54. The van der Waals surface area contributed by atoms with Crippen LogP contribution in [0.25, 0.3) is 0 Å². The zero-order valence-corrected chi connectivity index (χ0v) is 20.1. The van der Waals surface area contributed by atoms with Crippen molar-refractivity contribution in [2.45, 2.75) is 50.2 Å². The highest BCUT2D eigenvalue weighted by Gasteiger charge is 2.27. The molecule has 1 aromatic rings. The summed E-state index contributed by atoms with van der Waals surface area (Å²) in [6, 6.07) is 2.05. The van der Waals surface area contributed by atoms with Gasteiger partial charge in [0.1, 0.15) is 17.8 Å². The molecule has 3 amide bonds. The normalized spacial score (nSPS) is 12.9. The number of carboxylic acid groups (broad SMARTS) is 2. The first kappa shape index (κ1) is 30.6. The van der Waals surface area contributed by atoms with Crippen molar-refractivity contribution in [3.8, 4) is 5.75 Å². The van der Waals surface area contributed by atoms with E-state index in [9.17, 15) is 34.2 Å². The number of aliphatic imine (C=N–C) groups is 1. The average molecular weight is 524 g/mol. The Morgan fingerprint density at radius 1 is 0.919 bits per heavy atom. The molecule has 0 spiro atoms. The second kappa shape index (κ2) is 15.6. The number of amides is 3. The molecule has 1 aromatic carbocycles. The maximum atomic E-state index is 12.8. The number of nitrogens with two attached hydrogens (primary N) is 3. The van der Waals surface area contributed by atoms with Crippen LogP contribution in [0.1, 0.15) is 31.2 Å². The third-order valence-corrected chi connectivity index (χ3v) is 5.02. The van der Waals surface area contributed by atoms with E-state index in [1.165, 1.54) is 24.3 Å². The van der Waals surface area contributed by atoms with Crippen LogP contribution >= 0.6 is 0 Å². The number of carbonyl (C=O) groups excluding carboxylic acids is 3. The fourth-order valence-corrected chi connectivity index (χ4v) is 3.07. The van der Waals surface area contributed by atoms with Crippen molar-refractivity contribution in [2.24, 2.45) is 22.2 Å². The van der Waals surface area contributed by atoms with Gasteiger partial charge in [0.15, 0.2) is 5.96 Å². The summed E-state index contributed by atoms with van der Waals surface area (Å²) in [4.78, 5) is 63.5. The van der Waals surface area contributed by atoms with Crippen LogP contribution in [-0.2, 0) is 30.4 Å². The lowest BCUT2D eigenvalue weighted by Gasteiger charge is -2.22. The monoisotopic (exact) mass is 523 g/mol. The van der Waals surface area contributed by atoms with Crippen LogP contribution < -0.4 is 33.2 Å². The minimum atomic E-state index is -1.50. The van der Waals surface area contributed by atoms with E-state index in [4.69, 9.17) is 22.3 Å². The lowest BCUT2D eigenvalue weighted by atomic mass is 10.0. The van der Waals surface area contributed by atoms with Gasteiger partial charge in [0, 0.05) is 19.4 Å². The van der Waals surface area contributed by atoms with Gasteiger partial charge in [0.05, 0.1) is 12.6 Å². The molecular weight excluding hydrogens is 490 g/mol. The number of guanidine groups is 1. The smallest absolute Gasteiger partial charge is 0.326 e. The van der Waals surface area contributed by atoms with E-state index in [1.807, 2.05) is 0 Å². The summed E-state index contributed by atoms with van der Waals surface area (Å²) in [5.41, 5.74) is 16.7. The number of phenols is 1. The number of hydrogen-bond donors (Lipinski definition) is 9. The SMILES string of the molecule is NC(N)=NCCCC(N)C(=O)NCC(=O)NC(Cc1ccc(O)cc1)C(=O)NC(CCC(=O)O)C(=O)O. The third-order valence-electron chi connectivity index (χ3n) is 5.02. The first-order valence-electron chi connectivity index (χ1n) is 11.3. The van der Waals surface area contributed by atoms with Crippen molar-refractivity contribution in [3.05, 3.63) is 29.8 Å². The molecule has 204 valence electrons. The highest BCUT2D eigenvalue weighted by molar-refractivity contribution is 5.92. The molecule has 37 heavy (non-hydrogen) atoms. The van der Waals surface area contributed by atoms with Gasteiger partial charge < -0.3 is 48.5 Å². The summed E-state index contributed by atoms with van der Waals surface area (Å²) < 4.78 is 0. The molecule has 3 unspecified atom stereocenters. The van der Waals surface area contributed by atoms with Crippen LogP contribution in [0.4, 0.5) is 0 Å². The number of hydrogen-bond acceptors (Lipinski definition) is 8. The van der Waals surface area contributed by atoms with Gasteiger partial charge in [0.2, 0.25) is 17.7 Å². The van der Waals surface area contributed by atoms with Crippen LogP contribution in [0.15, 0.2) is 29.3 Å². The molecule has 3 atom stereocenters. The molecule has 0 aliphatic heterocycles. The molecule has 0 aromatic heterocycles. The van der Waals surface area contributed by atoms with Crippen LogP contribution in [0, 0.1) is 0 Å². The van der Waals surface area contributed by atoms with Gasteiger partial charge >= 0.3 is 11.9 Å². The van der Waals surface area contributed by atoms with Crippen molar-refractivity contribution in [1.29, 1.82) is 0 Å². The number of nitrogens with one attached hydrogen (secondary N) is 3. The summed E-state index contributed by atoms with van der Waals surface area (Å²) in [6.45, 7) is -0.233. The van der Waals surface area contributed by atoms with E-state index in [-0.39, 0.29) is 37.5 Å². The number of rotatable bonds is 16. The summed E-state index contributed by atoms with van der Waals surface area (Å²) >= 11 is 0. The first-order chi connectivity index (χ1) is 17.4. The van der Waals surface area contributed by atoms with Gasteiger partial charge in [0.25, 0.3) is 0 Å². The molecule has 0 radical (unpaired) electrons. The van der Waals surface area contributed by atoms with Gasteiger partial charge in [-0.3, -0.25) is 24.2 Å². The fourth-order valence-electron chi connectivity index (χ4n) is 3.07. The standard InChI is InChI=1S/C22H33N7O8/c23-14(2-1-9-26-22(24)25)19(34)27-11-17(31)28-16(10-12-3-5-13(30)6-4-12)20(35)29-15(21(36)37)7-8-18(32)33/h3-6,14-16,30H,1-2,7-11,23H2,(H,27,34)(H,28,31)(H,29,35)(H,32,33)(H,36,37)(H4,24,25,26). The molecule has 15 heteroatoms. The van der Waals surface area contributed by atoms with E-state index in [0.29, 0.717) is 12.0 Å². The maximum absolute atomic E-state index is 12.8. The van der Waals surface area contributed by atoms with Crippen LogP contribution in [0.3, 0.4) is 0 Å². The predicted molar refractivity (Wildman–Crippen MR) is 131 cm³/mol. The number of carboxylic acids is 2. The highest BCUT2D eigenvalue weighted by atomic mass is 16.4. The average Bonchev–Trinajstić information content (AvgIpc) is 2.83. The molecule has 15 nitrogen and oxygen atoms in total. The lowest BCUT2D eigenvalue weighted by molar-refractivity contribution is -0.143. The Labute approximate surface area is 212 Å². The minimum Gasteiger partial charge on any atom is -0.508 e. The number of benzene rings is 1. The molecule has 0 saturated heterocycles. The summed E-state index contributed by atoms with van der Waals surface area (Å²) in [5.74, 6) is -5.02. The van der Waals surface area contributed by atoms with Crippen molar-refractivity contribution in [1.82, 2.24) is 16.0 Å². The van der Waals surface area contributed by atoms with Crippen molar-refractivity contribution in [2.75, 3.05) is 13.1 Å². The molecule has 0 saturated carbocycles. The third kappa shape index (κ3) is 12.7. The zero-order valence-electron chi connectivity index (χ0n) is 20.1. The molecular formula is C22H33N7O8. The van der Waals surface area contributed by atoms with Gasteiger partial charge in [-0.25, -0.2) is 4.79 Å². The summed E-state index contributed by atoms with van der Waals surface area (Å²) in [5, 5.41) is 34.6. The van der Waals surface area contributed by atoms with Crippen molar-refractivity contribution in [3.63, 3.8) is 0 Å². The van der Waals surface area contributed by atoms with E-state index in [2.05, 4.69) is 20.9 Å². The second-order valence-electron chi connectivity index (χ2n) is 8.10. The van der Waals surface area contributed by atoms with Crippen LogP contribution in [-0.4, -0.2) is 82.2 Å². The van der Waals surface area contributed by atoms with Crippen LogP contribution in [0.5, 0.6) is 5.75 Å². The number of aliphatic carboxylic acids is 2. The number of aromatic hydroxyl groups is 1. The highest BCUT2D eigenvalue weighted by Crippen LogP contribution is 2.12. The Morgan fingerprint density at radius 3 is 2.14 bits per heavy atom.